The third-order valence-corrected chi connectivity index (χ3v) is 7.03. The van der Waals surface area contributed by atoms with E-state index in [4.69, 9.17) is 27.5 Å². The van der Waals surface area contributed by atoms with Gasteiger partial charge in [-0.15, -0.1) is 6.42 Å². The second kappa shape index (κ2) is 11.5. The summed E-state index contributed by atoms with van der Waals surface area (Å²) in [6.07, 6.45) is 6.86. The molecule has 0 unspecified atom stereocenters. The van der Waals surface area contributed by atoms with Gasteiger partial charge >= 0.3 is 0 Å². The second-order valence-electron chi connectivity index (χ2n) is 6.47. The maximum Gasteiger partial charge on any atom is 0.294 e. The average Bonchev–Trinajstić information content (AvgIpc) is 3.00. The molecule has 0 radical (unpaired) electrons. The molecule has 3 amide bonds. The van der Waals surface area contributed by atoms with E-state index in [0.29, 0.717) is 22.2 Å². The highest BCUT2D eigenvalue weighted by atomic mass is 127. The van der Waals surface area contributed by atoms with Crippen molar-refractivity contribution in [3.8, 4) is 23.8 Å². The molecular weight excluding hydrogens is 694 g/mol. The molecule has 11 heteroatoms. The number of carbonyl (C=O) groups is 3. The fraction of sp³-hybridized carbons (Fsp3) is 0.136. The maximum atomic E-state index is 12.8. The van der Waals surface area contributed by atoms with E-state index in [-0.39, 0.29) is 11.5 Å². The van der Waals surface area contributed by atoms with E-state index in [2.05, 4.69) is 56.4 Å². The van der Waals surface area contributed by atoms with Crippen LogP contribution in [0.25, 0.3) is 6.08 Å². The van der Waals surface area contributed by atoms with E-state index >= 15 is 0 Å². The summed E-state index contributed by atoms with van der Waals surface area (Å²) < 4.78 is 12.3. The standard InChI is InChI=1S/C22H15ClI2N2O5S/c1-3-6-32-20-15(24)7-12(8-16(20)25)9-18-21(29)27(22(30)33-18)11-19(28)26-13-4-5-17(31-2)14(23)10-13/h1,4-5,7-10H,6,11H2,2H3,(H,26,28)/b18-9-. The van der Waals surface area contributed by atoms with Gasteiger partial charge in [-0.05, 0) is 98.9 Å². The molecule has 170 valence electrons. The molecule has 1 saturated heterocycles. The summed E-state index contributed by atoms with van der Waals surface area (Å²) in [5.41, 5.74) is 1.14. The minimum Gasteiger partial charge on any atom is -0.495 e. The van der Waals surface area contributed by atoms with Gasteiger partial charge in [0, 0.05) is 5.69 Å². The Morgan fingerprint density at radius 3 is 2.58 bits per heavy atom. The smallest absolute Gasteiger partial charge is 0.294 e. The molecule has 0 atom stereocenters. The first kappa shape index (κ1) is 25.7. The van der Waals surface area contributed by atoms with E-state index in [1.807, 2.05) is 12.1 Å². The summed E-state index contributed by atoms with van der Waals surface area (Å²) in [6.45, 7) is -0.269. The lowest BCUT2D eigenvalue weighted by Gasteiger charge is -2.13. The van der Waals surface area contributed by atoms with E-state index in [1.54, 1.807) is 18.2 Å². The van der Waals surface area contributed by atoms with Crippen LogP contribution >= 0.6 is 68.5 Å². The number of benzene rings is 2. The van der Waals surface area contributed by atoms with Crippen LogP contribution in [0.1, 0.15) is 5.56 Å². The van der Waals surface area contributed by atoms with Crippen LogP contribution in [0.15, 0.2) is 35.2 Å². The topological polar surface area (TPSA) is 84.9 Å². The fourth-order valence-electron chi connectivity index (χ4n) is 2.79. The van der Waals surface area contributed by atoms with Gasteiger partial charge in [-0.1, -0.05) is 17.5 Å². The van der Waals surface area contributed by atoms with Crippen molar-refractivity contribution in [1.29, 1.82) is 0 Å². The van der Waals surface area contributed by atoms with E-state index in [0.717, 1.165) is 29.4 Å². The van der Waals surface area contributed by atoms with Gasteiger partial charge in [-0.2, -0.15) is 0 Å². The molecule has 1 fully saturated rings. The Kier molecular flexibility index (Phi) is 8.91. The maximum absolute atomic E-state index is 12.8. The zero-order chi connectivity index (χ0) is 24.1. The molecule has 0 spiro atoms. The molecule has 2 aromatic carbocycles. The lowest BCUT2D eigenvalue weighted by molar-refractivity contribution is -0.127. The first-order valence-electron chi connectivity index (χ1n) is 9.17. The zero-order valence-corrected chi connectivity index (χ0v) is 22.9. The highest BCUT2D eigenvalue weighted by molar-refractivity contribution is 14.1. The van der Waals surface area contributed by atoms with E-state index in [1.165, 1.54) is 13.2 Å². The van der Waals surface area contributed by atoms with Gasteiger partial charge in [0.1, 0.15) is 24.7 Å². The second-order valence-corrected chi connectivity index (χ2v) is 10.2. The first-order chi connectivity index (χ1) is 15.7. The van der Waals surface area contributed by atoms with Crippen LogP contribution in [-0.4, -0.2) is 42.2 Å². The first-order valence-corrected chi connectivity index (χ1v) is 12.5. The van der Waals surface area contributed by atoms with Gasteiger partial charge in [0.05, 0.1) is 24.2 Å². The molecule has 0 aromatic heterocycles. The molecule has 7 nitrogen and oxygen atoms in total. The molecular formula is C22H15ClI2N2O5S. The number of halogens is 3. The van der Waals surface area contributed by atoms with Crippen LogP contribution in [0, 0.1) is 19.5 Å². The van der Waals surface area contributed by atoms with Gasteiger partial charge in [0.2, 0.25) is 5.91 Å². The monoisotopic (exact) mass is 708 g/mol. The number of terminal acetylenes is 1. The van der Waals surface area contributed by atoms with E-state index in [9.17, 15) is 14.4 Å². The Balaban J connectivity index is 1.71. The van der Waals surface area contributed by atoms with Gasteiger partial charge < -0.3 is 14.8 Å². The van der Waals surface area contributed by atoms with Crippen LogP contribution in [-0.2, 0) is 9.59 Å². The molecule has 1 aliphatic rings. The van der Waals surface area contributed by atoms with Gasteiger partial charge in [-0.3, -0.25) is 19.3 Å². The summed E-state index contributed by atoms with van der Waals surface area (Å²) in [5, 5.41) is 2.42. The largest absolute Gasteiger partial charge is 0.495 e. The number of imide groups is 1. The summed E-state index contributed by atoms with van der Waals surface area (Å²) in [6, 6.07) is 8.38. The molecule has 0 saturated carbocycles. The number of methoxy groups -OCH3 is 1. The molecule has 3 rings (SSSR count). The number of ether oxygens (including phenoxy) is 2. The van der Waals surface area contributed by atoms with Crippen molar-refractivity contribution in [3.63, 3.8) is 0 Å². The third kappa shape index (κ3) is 6.34. The normalized spacial score (nSPS) is 14.4. The number of rotatable bonds is 7. The Hall–Kier alpha value is -1.95. The van der Waals surface area contributed by atoms with Crippen molar-refractivity contribution >= 4 is 97.4 Å². The summed E-state index contributed by atoms with van der Waals surface area (Å²) in [4.78, 5) is 38.7. The third-order valence-electron chi connectivity index (χ3n) is 4.23. The number of hydrogen-bond donors (Lipinski definition) is 1. The van der Waals surface area contributed by atoms with Crippen LogP contribution in [0.3, 0.4) is 0 Å². The Labute approximate surface area is 226 Å². The predicted octanol–water partition coefficient (Wildman–Crippen LogP) is 5.24. The van der Waals surface area contributed by atoms with Gasteiger partial charge in [0.25, 0.3) is 11.1 Å². The average molecular weight is 709 g/mol. The van der Waals surface area contributed by atoms with Gasteiger partial charge in [-0.25, -0.2) is 0 Å². The van der Waals surface area contributed by atoms with Crippen molar-refractivity contribution in [2.45, 2.75) is 0 Å². The molecule has 0 bridgehead atoms. The van der Waals surface area contributed by atoms with Gasteiger partial charge in [0.15, 0.2) is 0 Å². The summed E-state index contributed by atoms with van der Waals surface area (Å²) >= 11 is 11.1. The van der Waals surface area contributed by atoms with Crippen molar-refractivity contribution in [2.75, 3.05) is 25.6 Å². The highest BCUT2D eigenvalue weighted by Gasteiger charge is 2.36. The zero-order valence-electron chi connectivity index (χ0n) is 17.0. The van der Waals surface area contributed by atoms with Crippen molar-refractivity contribution in [3.05, 3.63) is 53.0 Å². The Bertz CT molecular complexity index is 1190. The van der Waals surface area contributed by atoms with Crippen molar-refractivity contribution < 1.29 is 23.9 Å². The summed E-state index contributed by atoms with van der Waals surface area (Å²) in [7, 11) is 1.48. The molecule has 1 N–H and O–H groups in total. The summed E-state index contributed by atoms with van der Waals surface area (Å²) in [5.74, 6) is 2.48. The highest BCUT2D eigenvalue weighted by Crippen LogP contribution is 2.35. The minimum absolute atomic E-state index is 0.148. The molecule has 33 heavy (non-hydrogen) atoms. The van der Waals surface area contributed by atoms with Crippen LogP contribution < -0.4 is 14.8 Å². The van der Waals surface area contributed by atoms with Crippen molar-refractivity contribution in [1.82, 2.24) is 4.90 Å². The van der Waals surface area contributed by atoms with Crippen LogP contribution in [0.5, 0.6) is 11.5 Å². The van der Waals surface area contributed by atoms with E-state index < -0.39 is 23.6 Å². The Morgan fingerprint density at radius 2 is 1.97 bits per heavy atom. The number of carbonyl (C=O) groups excluding carboxylic acids is 3. The van der Waals surface area contributed by atoms with Crippen LogP contribution in [0.4, 0.5) is 10.5 Å². The molecule has 1 heterocycles. The number of nitrogens with zero attached hydrogens (tertiary/aromatic N) is 1. The van der Waals surface area contributed by atoms with Crippen molar-refractivity contribution in [2.24, 2.45) is 0 Å². The Morgan fingerprint density at radius 1 is 1.27 bits per heavy atom. The molecule has 2 aromatic rings. The quantitative estimate of drug-likeness (QED) is 0.241. The number of hydrogen-bond acceptors (Lipinski definition) is 6. The lowest BCUT2D eigenvalue weighted by atomic mass is 10.2. The SMILES string of the molecule is C#CCOc1c(I)cc(/C=C2\SC(=O)N(CC(=O)Nc3ccc(OC)c(Cl)c3)C2=O)cc1I. The number of amides is 3. The van der Waals surface area contributed by atoms with Crippen LogP contribution in [0.2, 0.25) is 5.02 Å². The molecule has 1 aliphatic heterocycles. The lowest BCUT2D eigenvalue weighted by Crippen LogP contribution is -2.36. The number of nitrogens with one attached hydrogen (secondary N) is 1. The minimum atomic E-state index is -0.536. The predicted molar refractivity (Wildman–Crippen MR) is 146 cm³/mol. The fourth-order valence-corrected chi connectivity index (χ4v) is 6.01. The number of anilines is 1. The number of thioether (sulfide) groups is 1. The molecule has 0 aliphatic carbocycles.